The summed E-state index contributed by atoms with van der Waals surface area (Å²) in [4.78, 5) is 13.9. The normalized spacial score (nSPS) is 20.1. The Morgan fingerprint density at radius 1 is 1.53 bits per heavy atom. The maximum Gasteiger partial charge on any atom is 0.321 e. The Balaban J connectivity index is 1.99. The average molecular weight is 345 g/mol. The lowest BCUT2D eigenvalue weighted by molar-refractivity contribution is 0.192. The molecule has 0 bridgehead atoms. The zero-order chi connectivity index (χ0) is 12.3. The van der Waals surface area contributed by atoms with Crippen molar-refractivity contribution in [2.75, 3.05) is 25.0 Å². The van der Waals surface area contributed by atoms with Gasteiger partial charge in [-0.05, 0) is 41.6 Å². The van der Waals surface area contributed by atoms with E-state index in [1.165, 1.54) is 0 Å². The first-order valence-electron chi connectivity index (χ1n) is 5.70. The summed E-state index contributed by atoms with van der Waals surface area (Å²) in [7, 11) is 0. The first-order chi connectivity index (χ1) is 8.16. The summed E-state index contributed by atoms with van der Waals surface area (Å²) in [6.45, 7) is 4.47. The van der Waals surface area contributed by atoms with Crippen LogP contribution in [0.1, 0.15) is 6.92 Å². The molecule has 0 radical (unpaired) electrons. The maximum atomic E-state index is 12.0. The van der Waals surface area contributed by atoms with E-state index in [2.05, 4.69) is 40.1 Å². The van der Waals surface area contributed by atoms with Crippen molar-refractivity contribution in [2.24, 2.45) is 0 Å². The first kappa shape index (κ1) is 12.6. The number of carbonyl (C=O) groups is 1. The molecule has 2 N–H and O–H groups in total. The first-order valence-corrected chi connectivity index (χ1v) is 6.78. The van der Waals surface area contributed by atoms with Crippen LogP contribution in [0.3, 0.4) is 0 Å². The minimum atomic E-state index is -0.0116. The maximum absolute atomic E-state index is 12.0. The van der Waals surface area contributed by atoms with Crippen LogP contribution in [-0.2, 0) is 0 Å². The van der Waals surface area contributed by atoms with E-state index in [4.69, 9.17) is 0 Å². The van der Waals surface area contributed by atoms with Crippen LogP contribution < -0.4 is 10.6 Å². The quantitative estimate of drug-likeness (QED) is 0.766. The number of urea groups is 1. The van der Waals surface area contributed by atoms with E-state index in [0.29, 0.717) is 6.04 Å². The largest absolute Gasteiger partial charge is 0.322 e. The summed E-state index contributed by atoms with van der Waals surface area (Å²) in [6.07, 6.45) is 0. The van der Waals surface area contributed by atoms with Crippen LogP contribution in [-0.4, -0.2) is 36.6 Å². The van der Waals surface area contributed by atoms with Gasteiger partial charge in [0.1, 0.15) is 0 Å². The van der Waals surface area contributed by atoms with E-state index in [9.17, 15) is 4.79 Å². The van der Waals surface area contributed by atoms with Crippen molar-refractivity contribution >= 4 is 34.3 Å². The highest BCUT2D eigenvalue weighted by Gasteiger charge is 2.20. The van der Waals surface area contributed by atoms with E-state index in [1.54, 1.807) is 0 Å². The van der Waals surface area contributed by atoms with Gasteiger partial charge in [-0.3, -0.25) is 0 Å². The van der Waals surface area contributed by atoms with Gasteiger partial charge in [-0.1, -0.05) is 12.1 Å². The third-order valence-electron chi connectivity index (χ3n) is 2.77. The van der Waals surface area contributed by atoms with Gasteiger partial charge in [0, 0.05) is 29.2 Å². The number of amides is 2. The molecule has 4 nitrogen and oxygen atoms in total. The fraction of sp³-hybridized carbons (Fsp3) is 0.417. The highest BCUT2D eigenvalue weighted by Crippen LogP contribution is 2.17. The molecule has 2 amide bonds. The summed E-state index contributed by atoms with van der Waals surface area (Å²) in [6, 6.07) is 8.15. The Kier molecular flexibility index (Phi) is 4.22. The molecule has 0 aliphatic carbocycles. The Hall–Kier alpha value is -0.820. The lowest BCUT2D eigenvalue weighted by Crippen LogP contribution is -2.52. The van der Waals surface area contributed by atoms with E-state index in [1.807, 2.05) is 29.2 Å². The Labute approximate surface area is 115 Å². The zero-order valence-corrected chi connectivity index (χ0v) is 11.9. The number of nitrogens with zero attached hydrogens (tertiary/aromatic N) is 1. The predicted octanol–water partition coefficient (Wildman–Crippen LogP) is 2.12. The van der Waals surface area contributed by atoms with Gasteiger partial charge in [0.25, 0.3) is 0 Å². The van der Waals surface area contributed by atoms with E-state index < -0.39 is 0 Å². The van der Waals surface area contributed by atoms with Crippen molar-refractivity contribution in [1.29, 1.82) is 0 Å². The van der Waals surface area contributed by atoms with Gasteiger partial charge in [-0.15, -0.1) is 0 Å². The van der Waals surface area contributed by atoms with Crippen LogP contribution in [0.25, 0.3) is 0 Å². The molecule has 1 saturated heterocycles. The number of para-hydroxylation sites is 1. The summed E-state index contributed by atoms with van der Waals surface area (Å²) in [5.41, 5.74) is 0.879. The molecule has 5 heteroatoms. The molecule has 17 heavy (non-hydrogen) atoms. The van der Waals surface area contributed by atoms with Gasteiger partial charge >= 0.3 is 6.03 Å². The van der Waals surface area contributed by atoms with Crippen LogP contribution in [0.5, 0.6) is 0 Å². The number of piperazine rings is 1. The van der Waals surface area contributed by atoms with Gasteiger partial charge in [-0.2, -0.15) is 0 Å². The number of hydrogen-bond donors (Lipinski definition) is 2. The van der Waals surface area contributed by atoms with Crippen LogP contribution in [0.4, 0.5) is 10.5 Å². The van der Waals surface area contributed by atoms with Crippen molar-refractivity contribution < 1.29 is 4.79 Å². The van der Waals surface area contributed by atoms with Crippen molar-refractivity contribution in [3.63, 3.8) is 0 Å². The second-order valence-electron chi connectivity index (χ2n) is 4.21. The standard InChI is InChI=1S/C12H16IN3O/c1-9-8-16(7-6-14-9)12(17)15-11-5-3-2-4-10(11)13/h2-5,9,14H,6-8H2,1H3,(H,15,17). The highest BCUT2D eigenvalue weighted by atomic mass is 127. The number of anilines is 1. The molecule has 1 heterocycles. The summed E-state index contributed by atoms with van der Waals surface area (Å²) in [5.74, 6) is 0. The van der Waals surface area contributed by atoms with Crippen molar-refractivity contribution in [2.45, 2.75) is 13.0 Å². The minimum Gasteiger partial charge on any atom is -0.322 e. The second-order valence-corrected chi connectivity index (χ2v) is 5.37. The molecular weight excluding hydrogens is 329 g/mol. The van der Waals surface area contributed by atoms with Crippen molar-refractivity contribution in [1.82, 2.24) is 10.2 Å². The molecule has 2 rings (SSSR count). The Morgan fingerprint density at radius 2 is 2.29 bits per heavy atom. The number of hydrogen-bond acceptors (Lipinski definition) is 2. The molecule has 1 aromatic rings. The molecule has 1 aliphatic rings. The van der Waals surface area contributed by atoms with Gasteiger partial charge in [0.2, 0.25) is 0 Å². The minimum absolute atomic E-state index is 0.0116. The molecule has 1 atom stereocenters. The topological polar surface area (TPSA) is 44.4 Å². The van der Waals surface area contributed by atoms with E-state index in [-0.39, 0.29) is 6.03 Å². The third kappa shape index (κ3) is 3.32. The molecule has 0 spiro atoms. The van der Waals surface area contributed by atoms with Crippen LogP contribution in [0.2, 0.25) is 0 Å². The number of nitrogens with one attached hydrogen (secondary N) is 2. The Bertz CT molecular complexity index is 410. The molecule has 1 aromatic carbocycles. The highest BCUT2D eigenvalue weighted by molar-refractivity contribution is 14.1. The molecule has 1 aliphatic heterocycles. The fourth-order valence-corrected chi connectivity index (χ4v) is 2.40. The summed E-state index contributed by atoms with van der Waals surface area (Å²) < 4.78 is 1.06. The monoisotopic (exact) mass is 345 g/mol. The Morgan fingerprint density at radius 3 is 3.00 bits per heavy atom. The smallest absolute Gasteiger partial charge is 0.321 e. The van der Waals surface area contributed by atoms with Gasteiger partial charge < -0.3 is 15.5 Å². The second kappa shape index (κ2) is 5.68. The van der Waals surface area contributed by atoms with E-state index >= 15 is 0 Å². The number of benzene rings is 1. The van der Waals surface area contributed by atoms with Gasteiger partial charge in [0.15, 0.2) is 0 Å². The van der Waals surface area contributed by atoms with Crippen LogP contribution in [0, 0.1) is 3.57 Å². The number of carbonyl (C=O) groups excluding carboxylic acids is 1. The van der Waals surface area contributed by atoms with E-state index in [0.717, 1.165) is 28.9 Å². The third-order valence-corrected chi connectivity index (χ3v) is 3.71. The predicted molar refractivity (Wildman–Crippen MR) is 77.2 cm³/mol. The summed E-state index contributed by atoms with van der Waals surface area (Å²) >= 11 is 2.22. The molecule has 92 valence electrons. The SMILES string of the molecule is CC1CN(C(=O)Nc2ccccc2I)CCN1. The molecule has 0 saturated carbocycles. The molecule has 1 unspecified atom stereocenters. The van der Waals surface area contributed by atoms with Crippen LogP contribution in [0.15, 0.2) is 24.3 Å². The average Bonchev–Trinajstić information content (AvgIpc) is 2.32. The molecule has 1 fully saturated rings. The lowest BCUT2D eigenvalue weighted by Gasteiger charge is -2.31. The van der Waals surface area contributed by atoms with Crippen molar-refractivity contribution in [3.8, 4) is 0 Å². The molecular formula is C12H16IN3O. The lowest BCUT2D eigenvalue weighted by atomic mass is 10.2. The summed E-state index contributed by atoms with van der Waals surface area (Å²) in [5, 5.41) is 6.27. The van der Waals surface area contributed by atoms with Crippen LogP contribution >= 0.6 is 22.6 Å². The zero-order valence-electron chi connectivity index (χ0n) is 9.74. The number of halogens is 1. The van der Waals surface area contributed by atoms with Crippen molar-refractivity contribution in [3.05, 3.63) is 27.8 Å². The fourth-order valence-electron chi connectivity index (χ4n) is 1.87. The van der Waals surface area contributed by atoms with Gasteiger partial charge in [0.05, 0.1) is 5.69 Å². The van der Waals surface area contributed by atoms with Gasteiger partial charge in [-0.25, -0.2) is 4.79 Å². The number of rotatable bonds is 1. The molecule has 0 aromatic heterocycles.